The van der Waals surface area contributed by atoms with E-state index in [1.165, 1.54) is 135 Å². The van der Waals surface area contributed by atoms with Crippen molar-refractivity contribution in [1.82, 2.24) is 0 Å². The van der Waals surface area contributed by atoms with Crippen LogP contribution >= 0.6 is 0 Å². The van der Waals surface area contributed by atoms with Gasteiger partial charge in [0.2, 0.25) is 0 Å². The summed E-state index contributed by atoms with van der Waals surface area (Å²) in [7, 11) is 0. The predicted molar refractivity (Wildman–Crippen MR) is 132 cm³/mol. The monoisotopic (exact) mass is 424 g/mol. The lowest BCUT2D eigenvalue weighted by Crippen LogP contribution is -2.19. The van der Waals surface area contributed by atoms with Crippen LogP contribution < -0.4 is 0 Å². The largest absolute Gasteiger partial charge is 0.393 e. The third kappa shape index (κ3) is 17.6. The topological polar surface area (TPSA) is 29.5 Å². The molecule has 0 radical (unpaired) electrons. The van der Waals surface area contributed by atoms with Gasteiger partial charge in [0.25, 0.3) is 0 Å². The Morgan fingerprint density at radius 3 is 1.33 bits per heavy atom. The third-order valence-corrected chi connectivity index (χ3v) is 7.09. The number of unbranched alkanes of at least 4 members (excludes halogenated alkanes) is 19. The van der Waals surface area contributed by atoms with Gasteiger partial charge in [-0.15, -0.1) is 0 Å². The Kier molecular flexibility index (Phi) is 20.6. The zero-order valence-electron chi connectivity index (χ0n) is 20.7. The Hall–Kier alpha value is -0.0800. The van der Waals surface area contributed by atoms with Crippen molar-refractivity contribution >= 4 is 0 Å². The first kappa shape index (κ1) is 28.0. The average Bonchev–Trinajstić information content (AvgIpc) is 3.16. The molecule has 0 saturated heterocycles. The maximum Gasteiger partial charge on any atom is 0.0590 e. The van der Waals surface area contributed by atoms with E-state index in [-0.39, 0.29) is 6.10 Å². The van der Waals surface area contributed by atoms with Crippen molar-refractivity contribution in [2.24, 2.45) is 5.92 Å². The van der Waals surface area contributed by atoms with Gasteiger partial charge in [0.15, 0.2) is 0 Å². The Bertz CT molecular complexity index is 331. The van der Waals surface area contributed by atoms with Gasteiger partial charge in [-0.3, -0.25) is 0 Å². The van der Waals surface area contributed by atoms with Crippen molar-refractivity contribution in [3.8, 4) is 0 Å². The standard InChI is InChI=1S/C28H56O2/c1-2-3-4-5-6-7-8-9-10-11-12-13-14-15-16-17-18-19-20-21-25-30-26-27-23-22-24-28(27)29/h27-29H,2-26H2,1H3/t27-,28+/m0/s1. The van der Waals surface area contributed by atoms with Crippen molar-refractivity contribution in [1.29, 1.82) is 0 Å². The predicted octanol–water partition coefficient (Wildman–Crippen LogP) is 8.99. The first-order chi connectivity index (χ1) is 14.8. The van der Waals surface area contributed by atoms with Gasteiger partial charge in [-0.2, -0.15) is 0 Å². The van der Waals surface area contributed by atoms with Crippen molar-refractivity contribution in [3.63, 3.8) is 0 Å². The number of aliphatic hydroxyl groups excluding tert-OH is 1. The van der Waals surface area contributed by atoms with Crippen molar-refractivity contribution in [3.05, 3.63) is 0 Å². The minimum Gasteiger partial charge on any atom is -0.393 e. The van der Waals surface area contributed by atoms with Crippen molar-refractivity contribution in [2.75, 3.05) is 13.2 Å². The average molecular weight is 425 g/mol. The Morgan fingerprint density at radius 2 is 0.967 bits per heavy atom. The van der Waals surface area contributed by atoms with Crippen LogP contribution in [0.3, 0.4) is 0 Å². The molecule has 0 aliphatic heterocycles. The molecule has 1 N–H and O–H groups in total. The maximum absolute atomic E-state index is 9.78. The first-order valence-electron chi connectivity index (χ1n) is 14.1. The molecule has 0 heterocycles. The highest BCUT2D eigenvalue weighted by molar-refractivity contribution is 4.75. The van der Waals surface area contributed by atoms with Gasteiger partial charge in [0, 0.05) is 12.5 Å². The van der Waals surface area contributed by atoms with Gasteiger partial charge >= 0.3 is 0 Å². The van der Waals surface area contributed by atoms with E-state index in [2.05, 4.69) is 6.92 Å². The van der Waals surface area contributed by atoms with Crippen molar-refractivity contribution < 1.29 is 9.84 Å². The van der Waals surface area contributed by atoms with Gasteiger partial charge in [-0.1, -0.05) is 135 Å². The molecule has 2 heteroatoms. The van der Waals surface area contributed by atoms with Crippen LogP contribution in [-0.4, -0.2) is 24.4 Å². The summed E-state index contributed by atoms with van der Waals surface area (Å²) in [5, 5.41) is 9.78. The lowest BCUT2D eigenvalue weighted by atomic mass is 10.0. The van der Waals surface area contributed by atoms with Crippen LogP contribution in [0.2, 0.25) is 0 Å². The van der Waals surface area contributed by atoms with E-state index in [4.69, 9.17) is 4.74 Å². The molecule has 1 aliphatic carbocycles. The van der Waals surface area contributed by atoms with E-state index in [0.717, 1.165) is 26.1 Å². The molecule has 30 heavy (non-hydrogen) atoms. The van der Waals surface area contributed by atoms with E-state index < -0.39 is 0 Å². The number of ether oxygens (including phenoxy) is 1. The van der Waals surface area contributed by atoms with Gasteiger partial charge in [0.1, 0.15) is 0 Å². The summed E-state index contributed by atoms with van der Waals surface area (Å²) in [6.45, 7) is 3.97. The Balaban J connectivity index is 1.64. The fourth-order valence-corrected chi connectivity index (χ4v) is 4.91. The molecule has 1 saturated carbocycles. The summed E-state index contributed by atoms with van der Waals surface area (Å²) in [5.74, 6) is 0.412. The summed E-state index contributed by atoms with van der Waals surface area (Å²) in [5.41, 5.74) is 0. The second-order valence-corrected chi connectivity index (χ2v) is 10.1. The molecule has 2 atom stereocenters. The number of hydrogen-bond donors (Lipinski definition) is 1. The summed E-state index contributed by atoms with van der Waals surface area (Å²) in [4.78, 5) is 0. The molecule has 0 amide bonds. The van der Waals surface area contributed by atoms with Crippen LogP contribution in [0.25, 0.3) is 0 Å². The number of rotatable bonds is 23. The summed E-state index contributed by atoms with van der Waals surface area (Å²) >= 11 is 0. The molecule has 0 spiro atoms. The number of hydrogen-bond acceptors (Lipinski definition) is 2. The summed E-state index contributed by atoms with van der Waals surface area (Å²) in [6, 6.07) is 0. The van der Waals surface area contributed by atoms with Gasteiger partial charge in [0.05, 0.1) is 12.7 Å². The number of aliphatic hydroxyl groups is 1. The van der Waals surface area contributed by atoms with E-state index in [1.54, 1.807) is 0 Å². The molecular weight excluding hydrogens is 368 g/mol. The molecule has 1 rings (SSSR count). The van der Waals surface area contributed by atoms with Gasteiger partial charge < -0.3 is 9.84 Å². The zero-order chi connectivity index (χ0) is 21.5. The molecule has 0 bridgehead atoms. The molecular formula is C28H56O2. The molecule has 0 unspecified atom stereocenters. The van der Waals surface area contributed by atoms with Crippen LogP contribution in [0.5, 0.6) is 0 Å². The Labute approximate surface area is 189 Å². The lowest BCUT2D eigenvalue weighted by molar-refractivity contribution is 0.0428. The minimum absolute atomic E-state index is 0.0973. The van der Waals surface area contributed by atoms with E-state index in [0.29, 0.717) is 5.92 Å². The molecule has 0 aromatic heterocycles. The molecule has 0 aromatic carbocycles. The van der Waals surface area contributed by atoms with Crippen LogP contribution in [0.15, 0.2) is 0 Å². The highest BCUT2D eigenvalue weighted by atomic mass is 16.5. The molecule has 1 fully saturated rings. The maximum atomic E-state index is 9.78. The summed E-state index contributed by atoms with van der Waals surface area (Å²) in [6.07, 6.45) is 31.7. The third-order valence-electron chi connectivity index (χ3n) is 7.09. The quantitative estimate of drug-likeness (QED) is 0.166. The van der Waals surface area contributed by atoms with E-state index >= 15 is 0 Å². The van der Waals surface area contributed by atoms with E-state index in [9.17, 15) is 5.11 Å². The lowest BCUT2D eigenvalue weighted by Gasteiger charge is -2.14. The van der Waals surface area contributed by atoms with Crippen LogP contribution in [0.1, 0.15) is 155 Å². The second kappa shape index (κ2) is 22.1. The fourth-order valence-electron chi connectivity index (χ4n) is 4.91. The highest BCUT2D eigenvalue weighted by Crippen LogP contribution is 2.25. The van der Waals surface area contributed by atoms with Crippen LogP contribution in [-0.2, 0) is 4.74 Å². The highest BCUT2D eigenvalue weighted by Gasteiger charge is 2.24. The normalized spacial score (nSPS) is 19.0. The fraction of sp³-hybridized carbons (Fsp3) is 1.00. The first-order valence-corrected chi connectivity index (χ1v) is 14.1. The molecule has 0 aromatic rings. The van der Waals surface area contributed by atoms with Crippen LogP contribution in [0, 0.1) is 5.92 Å². The van der Waals surface area contributed by atoms with E-state index in [1.807, 2.05) is 0 Å². The van der Waals surface area contributed by atoms with Crippen LogP contribution in [0.4, 0.5) is 0 Å². The zero-order valence-corrected chi connectivity index (χ0v) is 20.7. The van der Waals surface area contributed by atoms with Gasteiger partial charge in [-0.25, -0.2) is 0 Å². The summed E-state index contributed by atoms with van der Waals surface area (Å²) < 4.78 is 5.76. The molecule has 1 aliphatic rings. The minimum atomic E-state index is -0.0973. The van der Waals surface area contributed by atoms with Crippen molar-refractivity contribution in [2.45, 2.75) is 161 Å². The molecule has 180 valence electrons. The molecule has 2 nitrogen and oxygen atoms in total. The second-order valence-electron chi connectivity index (χ2n) is 10.1. The van der Waals surface area contributed by atoms with Gasteiger partial charge in [-0.05, 0) is 19.3 Å². The SMILES string of the molecule is CCCCCCCCCCCCCCCCCCCCCCOC[C@@H]1CCC[C@H]1O. The smallest absolute Gasteiger partial charge is 0.0590 e. The Morgan fingerprint density at radius 1 is 0.567 bits per heavy atom.